The van der Waals surface area contributed by atoms with Gasteiger partial charge in [-0.1, -0.05) is 262 Å². The first kappa shape index (κ1) is 98.4. The van der Waals surface area contributed by atoms with E-state index < -0.39 is 97.5 Å². The van der Waals surface area contributed by atoms with Crippen LogP contribution in [0.4, 0.5) is 0 Å². The molecule has 0 radical (unpaired) electrons. The van der Waals surface area contributed by atoms with Crippen molar-refractivity contribution < 1.29 is 80.2 Å². The highest BCUT2D eigenvalue weighted by Crippen LogP contribution is 2.45. The zero-order chi connectivity index (χ0) is 76.0. The van der Waals surface area contributed by atoms with E-state index in [9.17, 15) is 43.2 Å². The Bertz CT molecular complexity index is 2640. The number of phosphoric ester groups is 2. The molecule has 5 atom stereocenters. The third kappa shape index (κ3) is 74.7. The summed E-state index contributed by atoms with van der Waals surface area (Å²) in [5, 5.41) is 10.6. The van der Waals surface area contributed by atoms with E-state index in [1.165, 1.54) is 0 Å². The molecule has 0 fully saturated rings. The molecule has 0 heterocycles. The Kier molecular flexibility index (Phi) is 71.6. The van der Waals surface area contributed by atoms with Crippen LogP contribution in [0.15, 0.2) is 170 Å². The lowest BCUT2D eigenvalue weighted by Crippen LogP contribution is -2.30. The number of carbonyl (C=O) groups excluding carboxylic acids is 4. The first-order valence-corrected chi connectivity index (χ1v) is 42.4. The van der Waals surface area contributed by atoms with Crippen molar-refractivity contribution in [2.24, 2.45) is 0 Å². The van der Waals surface area contributed by atoms with Crippen LogP contribution in [0.1, 0.15) is 285 Å². The average molecular weight is 1490 g/mol. The monoisotopic (exact) mass is 1490 g/mol. The van der Waals surface area contributed by atoms with Gasteiger partial charge in [-0.15, -0.1) is 0 Å². The van der Waals surface area contributed by atoms with Crippen LogP contribution in [0, 0.1) is 0 Å². The van der Waals surface area contributed by atoms with Gasteiger partial charge >= 0.3 is 39.5 Å². The molecular formula is C85H138O17P2. The molecule has 0 spiro atoms. The molecule has 0 aromatic rings. The van der Waals surface area contributed by atoms with Crippen molar-refractivity contribution in [2.75, 3.05) is 39.6 Å². The summed E-state index contributed by atoms with van der Waals surface area (Å²) in [6, 6.07) is 0. The Balaban J connectivity index is 5.46. The molecule has 0 aliphatic heterocycles. The summed E-state index contributed by atoms with van der Waals surface area (Å²) in [6.45, 7) is 4.30. The highest BCUT2D eigenvalue weighted by molar-refractivity contribution is 7.47. The summed E-state index contributed by atoms with van der Waals surface area (Å²) in [5.74, 6) is -2.29. The number of esters is 4. The van der Waals surface area contributed by atoms with E-state index in [2.05, 4.69) is 198 Å². The molecule has 0 saturated carbocycles. The van der Waals surface area contributed by atoms with E-state index in [0.717, 1.165) is 205 Å². The summed E-state index contributed by atoms with van der Waals surface area (Å²) < 4.78 is 68.5. The van der Waals surface area contributed by atoms with Crippen molar-refractivity contribution in [1.29, 1.82) is 0 Å². The summed E-state index contributed by atoms with van der Waals surface area (Å²) in [6.07, 6.45) is 89.1. The second kappa shape index (κ2) is 75.6. The normalized spacial score (nSPS) is 14.8. The average Bonchev–Trinajstić information content (AvgIpc) is 0.926. The standard InChI is InChI=1S/C85H138O17P2/c1-5-9-13-17-21-25-29-33-37-39-43-46-50-54-58-62-66-70-83(88)96-76-81(102-85(90)72-68-64-60-56-52-48-44-40-38-34-30-26-22-18-14-10-6-2)78-100-104(93,94)98-74-79(86)73-97-103(91,92)99-77-80(101-84(89)71-67-63-59-55-51-47-42-36-32-28-24-20-16-12-8-4)75-95-82(87)69-65-61-57-53-49-45-41-35-31-27-23-19-15-11-7-3/h9-16,21-28,33-38,41-43,46,49,53,79-81,86H,5-8,17-20,29-32,39-40,44-45,47-48,50-52,54-78H2,1-4H3,(H,91,92)(H,93,94)/b13-9-,14-10-,15-11-,16-12-,25-21-,26-22-,27-23-,28-24-,37-33-,38-34-,41-35-,42-36-,46-43-,53-49-. The number of rotatable bonds is 72. The van der Waals surface area contributed by atoms with E-state index in [1.54, 1.807) is 0 Å². The van der Waals surface area contributed by atoms with Crippen LogP contribution in [-0.4, -0.2) is 96.7 Å². The van der Waals surface area contributed by atoms with Crippen LogP contribution in [0.3, 0.4) is 0 Å². The fourth-order valence-corrected chi connectivity index (χ4v) is 11.4. The van der Waals surface area contributed by atoms with Crippen molar-refractivity contribution in [2.45, 2.75) is 303 Å². The lowest BCUT2D eigenvalue weighted by atomic mass is 10.1. The van der Waals surface area contributed by atoms with Gasteiger partial charge in [-0.25, -0.2) is 9.13 Å². The summed E-state index contributed by atoms with van der Waals surface area (Å²) >= 11 is 0. The van der Waals surface area contributed by atoms with Crippen molar-refractivity contribution in [3.8, 4) is 0 Å². The van der Waals surface area contributed by atoms with E-state index in [0.29, 0.717) is 25.7 Å². The van der Waals surface area contributed by atoms with Crippen LogP contribution >= 0.6 is 15.6 Å². The predicted molar refractivity (Wildman–Crippen MR) is 426 cm³/mol. The molecule has 3 N–H and O–H groups in total. The lowest BCUT2D eigenvalue weighted by molar-refractivity contribution is -0.161. The van der Waals surface area contributed by atoms with Crippen LogP contribution in [0.25, 0.3) is 0 Å². The number of hydrogen-bond acceptors (Lipinski definition) is 15. The van der Waals surface area contributed by atoms with Gasteiger partial charge < -0.3 is 33.8 Å². The fourth-order valence-electron chi connectivity index (χ4n) is 9.82. The Morgan fingerprint density at radius 2 is 0.471 bits per heavy atom. The maximum absolute atomic E-state index is 13.1. The summed E-state index contributed by atoms with van der Waals surface area (Å²) in [7, 11) is -10.00. The SMILES string of the molecule is CC/C=C\C/C=C\C/C=C\C/C=C\CCCCCCC(=O)OCC(COP(=O)(O)OCC(O)COP(=O)(O)OCC(COC(=O)CCCC/C=C\C/C=C\C/C=C\C/C=C\CC)OC(=O)CCCCCCC/C=C\C/C=C\C/C=C\CC)OC(=O)CCCCCCCCC/C=C\C/C=C\C/C=C\CC. The first-order chi connectivity index (χ1) is 50.7. The third-order valence-corrected chi connectivity index (χ3v) is 17.6. The minimum atomic E-state index is -5.00. The second-order valence-corrected chi connectivity index (χ2v) is 28.4. The zero-order valence-electron chi connectivity index (χ0n) is 64.4. The molecule has 19 heteroatoms. The molecule has 0 aliphatic carbocycles. The van der Waals surface area contributed by atoms with Crippen LogP contribution in [-0.2, 0) is 65.4 Å². The van der Waals surface area contributed by atoms with Crippen LogP contribution in [0.2, 0.25) is 0 Å². The molecule has 104 heavy (non-hydrogen) atoms. The zero-order valence-corrected chi connectivity index (χ0v) is 66.2. The van der Waals surface area contributed by atoms with E-state index in [4.69, 9.17) is 37.0 Å². The van der Waals surface area contributed by atoms with Crippen molar-refractivity contribution in [3.05, 3.63) is 170 Å². The predicted octanol–water partition coefficient (Wildman–Crippen LogP) is 23.0. The van der Waals surface area contributed by atoms with Crippen LogP contribution < -0.4 is 0 Å². The number of carbonyl (C=O) groups is 4. The summed E-state index contributed by atoms with van der Waals surface area (Å²) in [4.78, 5) is 73.0. The Morgan fingerprint density at radius 3 is 0.740 bits per heavy atom. The van der Waals surface area contributed by atoms with Gasteiger partial charge in [0.05, 0.1) is 26.4 Å². The molecule has 0 amide bonds. The van der Waals surface area contributed by atoms with Gasteiger partial charge in [-0.2, -0.15) is 0 Å². The molecule has 5 unspecified atom stereocenters. The molecule has 0 aromatic heterocycles. The Morgan fingerprint density at radius 1 is 0.269 bits per heavy atom. The molecule has 0 aromatic carbocycles. The van der Waals surface area contributed by atoms with E-state index in [1.807, 2.05) is 0 Å². The molecule has 0 bridgehead atoms. The molecule has 590 valence electrons. The first-order valence-electron chi connectivity index (χ1n) is 39.4. The molecular weight excluding hydrogens is 1350 g/mol. The van der Waals surface area contributed by atoms with Gasteiger partial charge in [0, 0.05) is 25.7 Å². The number of aliphatic hydroxyl groups excluding tert-OH is 1. The Labute approximate surface area is 629 Å². The molecule has 0 rings (SSSR count). The largest absolute Gasteiger partial charge is 0.472 e. The van der Waals surface area contributed by atoms with Crippen molar-refractivity contribution >= 4 is 39.5 Å². The molecule has 0 aliphatic rings. The fraction of sp³-hybridized carbons (Fsp3) is 0.624. The maximum Gasteiger partial charge on any atom is 0.472 e. The molecule has 0 saturated heterocycles. The minimum absolute atomic E-state index is 0.0599. The number of aliphatic hydroxyl groups is 1. The number of ether oxygens (including phenoxy) is 4. The van der Waals surface area contributed by atoms with Gasteiger partial charge in [-0.3, -0.25) is 37.3 Å². The topological polar surface area (TPSA) is 237 Å². The van der Waals surface area contributed by atoms with Gasteiger partial charge in [0.25, 0.3) is 0 Å². The van der Waals surface area contributed by atoms with Crippen LogP contribution in [0.5, 0.6) is 0 Å². The van der Waals surface area contributed by atoms with Crippen molar-refractivity contribution in [1.82, 2.24) is 0 Å². The van der Waals surface area contributed by atoms with Gasteiger partial charge in [0.15, 0.2) is 12.2 Å². The van der Waals surface area contributed by atoms with Gasteiger partial charge in [0.1, 0.15) is 19.3 Å². The van der Waals surface area contributed by atoms with E-state index in [-0.39, 0.29) is 25.7 Å². The second-order valence-electron chi connectivity index (χ2n) is 25.5. The van der Waals surface area contributed by atoms with E-state index >= 15 is 0 Å². The van der Waals surface area contributed by atoms with Crippen molar-refractivity contribution in [3.63, 3.8) is 0 Å². The number of phosphoric acid groups is 2. The highest BCUT2D eigenvalue weighted by atomic mass is 31.2. The molecule has 17 nitrogen and oxygen atoms in total. The number of hydrogen-bond donors (Lipinski definition) is 3. The lowest BCUT2D eigenvalue weighted by Gasteiger charge is -2.21. The minimum Gasteiger partial charge on any atom is -0.462 e. The van der Waals surface area contributed by atoms with Gasteiger partial charge in [0.2, 0.25) is 0 Å². The highest BCUT2D eigenvalue weighted by Gasteiger charge is 2.30. The maximum atomic E-state index is 13.1. The smallest absolute Gasteiger partial charge is 0.462 e. The quantitative estimate of drug-likeness (QED) is 0.0169. The summed E-state index contributed by atoms with van der Waals surface area (Å²) in [5.41, 5.74) is 0. The number of unbranched alkanes of at least 4 members (excludes halogenated alkanes) is 18. The Hall–Kier alpha value is -5.58. The van der Waals surface area contributed by atoms with Gasteiger partial charge in [-0.05, 0) is 167 Å². The number of allylic oxidation sites excluding steroid dienone is 28. The third-order valence-electron chi connectivity index (χ3n) is 15.7.